The van der Waals surface area contributed by atoms with Crippen LogP contribution in [0.25, 0.3) is 0 Å². The Labute approximate surface area is 89.6 Å². The second kappa shape index (κ2) is 5.26. The van der Waals surface area contributed by atoms with Gasteiger partial charge in [-0.25, -0.2) is 0 Å². The number of epoxide rings is 1. The summed E-state index contributed by atoms with van der Waals surface area (Å²) in [6.45, 7) is 1.73. The summed E-state index contributed by atoms with van der Waals surface area (Å²) in [5.41, 5.74) is 1.13. The maximum atomic E-state index is 9.53. The van der Waals surface area contributed by atoms with Gasteiger partial charge in [-0.2, -0.15) is 0 Å². The highest BCUT2D eigenvalue weighted by Gasteiger charge is 2.25. The van der Waals surface area contributed by atoms with E-state index in [2.05, 4.69) is 0 Å². The Morgan fingerprint density at radius 2 is 2.13 bits per heavy atom. The van der Waals surface area contributed by atoms with E-state index in [9.17, 15) is 5.11 Å². The standard InChI is InChI=1S/C12H16O3/c13-11(6-12-9-15-12)8-14-7-10-4-2-1-3-5-10/h1-5,11-13H,6-9H2. The van der Waals surface area contributed by atoms with Gasteiger partial charge in [-0.15, -0.1) is 0 Å². The minimum absolute atomic E-state index is 0.264. The number of hydrogen-bond donors (Lipinski definition) is 1. The van der Waals surface area contributed by atoms with Crippen molar-refractivity contribution in [3.63, 3.8) is 0 Å². The molecule has 0 radical (unpaired) electrons. The molecule has 2 rings (SSSR count). The Morgan fingerprint density at radius 3 is 2.80 bits per heavy atom. The van der Waals surface area contributed by atoms with Crippen LogP contribution in [0.15, 0.2) is 30.3 Å². The molecule has 0 aliphatic carbocycles. The van der Waals surface area contributed by atoms with Gasteiger partial charge < -0.3 is 14.6 Å². The summed E-state index contributed by atoms with van der Waals surface area (Å²) in [6, 6.07) is 9.95. The summed E-state index contributed by atoms with van der Waals surface area (Å²) in [7, 11) is 0. The summed E-state index contributed by atoms with van der Waals surface area (Å²) >= 11 is 0. The van der Waals surface area contributed by atoms with Crippen molar-refractivity contribution in [2.45, 2.75) is 25.2 Å². The molecule has 0 bridgehead atoms. The molecule has 1 N–H and O–H groups in total. The van der Waals surface area contributed by atoms with Gasteiger partial charge in [-0.3, -0.25) is 0 Å². The highest BCUT2D eigenvalue weighted by Crippen LogP contribution is 2.15. The zero-order chi connectivity index (χ0) is 10.5. The molecule has 0 saturated carbocycles. The third-order valence-corrected chi connectivity index (χ3v) is 2.36. The van der Waals surface area contributed by atoms with Crippen LogP contribution in [0.1, 0.15) is 12.0 Å². The molecule has 2 unspecified atom stereocenters. The summed E-state index contributed by atoms with van der Waals surface area (Å²) in [5.74, 6) is 0. The first-order valence-corrected chi connectivity index (χ1v) is 5.26. The molecule has 3 heteroatoms. The van der Waals surface area contributed by atoms with Gasteiger partial charge in [-0.1, -0.05) is 30.3 Å². The second-order valence-electron chi connectivity index (χ2n) is 3.85. The van der Waals surface area contributed by atoms with Crippen molar-refractivity contribution in [2.75, 3.05) is 13.2 Å². The van der Waals surface area contributed by atoms with E-state index in [4.69, 9.17) is 9.47 Å². The zero-order valence-corrected chi connectivity index (χ0v) is 8.63. The quantitative estimate of drug-likeness (QED) is 0.717. The number of aliphatic hydroxyl groups excluding tert-OH is 1. The normalized spacial score (nSPS) is 21.3. The molecule has 0 amide bonds. The molecule has 3 nitrogen and oxygen atoms in total. The molecule has 82 valence electrons. The molecule has 1 aromatic rings. The largest absolute Gasteiger partial charge is 0.391 e. The number of ether oxygens (including phenoxy) is 2. The second-order valence-corrected chi connectivity index (χ2v) is 3.85. The van der Waals surface area contributed by atoms with E-state index in [1.165, 1.54) is 0 Å². The maximum absolute atomic E-state index is 9.53. The fourth-order valence-electron chi connectivity index (χ4n) is 1.46. The highest BCUT2D eigenvalue weighted by atomic mass is 16.6. The van der Waals surface area contributed by atoms with Crippen LogP contribution in [0.2, 0.25) is 0 Å². The third kappa shape index (κ3) is 4.00. The van der Waals surface area contributed by atoms with E-state index in [1.54, 1.807) is 0 Å². The molecular formula is C12H16O3. The van der Waals surface area contributed by atoms with Crippen molar-refractivity contribution >= 4 is 0 Å². The molecule has 1 saturated heterocycles. The third-order valence-electron chi connectivity index (χ3n) is 2.36. The van der Waals surface area contributed by atoms with Gasteiger partial charge in [-0.05, 0) is 5.56 Å². The van der Waals surface area contributed by atoms with Gasteiger partial charge in [0.2, 0.25) is 0 Å². The van der Waals surface area contributed by atoms with Crippen LogP contribution in [0.3, 0.4) is 0 Å². The Bertz CT molecular complexity index is 282. The van der Waals surface area contributed by atoms with E-state index in [0.717, 1.165) is 12.2 Å². The molecule has 1 aliphatic heterocycles. The number of benzene rings is 1. The van der Waals surface area contributed by atoms with Crippen molar-refractivity contribution in [1.82, 2.24) is 0 Å². The molecule has 1 aromatic carbocycles. The van der Waals surface area contributed by atoms with Gasteiger partial charge >= 0.3 is 0 Å². The summed E-state index contributed by atoms with van der Waals surface area (Å²) in [6.07, 6.45) is 0.552. The Hall–Kier alpha value is -0.900. The van der Waals surface area contributed by atoms with Crippen molar-refractivity contribution in [1.29, 1.82) is 0 Å². The topological polar surface area (TPSA) is 42.0 Å². The molecule has 2 atom stereocenters. The predicted molar refractivity (Wildman–Crippen MR) is 56.5 cm³/mol. The number of hydrogen-bond acceptors (Lipinski definition) is 3. The minimum atomic E-state index is -0.402. The summed E-state index contributed by atoms with van der Waals surface area (Å²) in [4.78, 5) is 0. The molecule has 1 aliphatic rings. The van der Waals surface area contributed by atoms with Crippen LogP contribution < -0.4 is 0 Å². The Morgan fingerprint density at radius 1 is 1.40 bits per heavy atom. The Balaban J connectivity index is 1.61. The molecule has 0 spiro atoms. The highest BCUT2D eigenvalue weighted by molar-refractivity contribution is 5.13. The van der Waals surface area contributed by atoms with E-state index >= 15 is 0 Å². The van der Waals surface area contributed by atoms with Crippen LogP contribution in [-0.2, 0) is 16.1 Å². The minimum Gasteiger partial charge on any atom is -0.391 e. The van der Waals surface area contributed by atoms with Crippen molar-refractivity contribution in [3.05, 3.63) is 35.9 Å². The molecule has 1 fully saturated rings. The average molecular weight is 208 g/mol. The van der Waals surface area contributed by atoms with Crippen LogP contribution >= 0.6 is 0 Å². The van der Waals surface area contributed by atoms with Gasteiger partial charge in [0.15, 0.2) is 0 Å². The van der Waals surface area contributed by atoms with E-state index in [0.29, 0.717) is 19.6 Å². The maximum Gasteiger partial charge on any atom is 0.0835 e. The van der Waals surface area contributed by atoms with Crippen LogP contribution in [-0.4, -0.2) is 30.5 Å². The number of aliphatic hydroxyl groups is 1. The van der Waals surface area contributed by atoms with Crippen LogP contribution in [0.4, 0.5) is 0 Å². The fraction of sp³-hybridized carbons (Fsp3) is 0.500. The lowest BCUT2D eigenvalue weighted by atomic mass is 10.2. The van der Waals surface area contributed by atoms with Gasteiger partial charge in [0, 0.05) is 6.42 Å². The number of rotatable bonds is 6. The SMILES string of the molecule is OC(COCc1ccccc1)CC1CO1. The van der Waals surface area contributed by atoms with Crippen molar-refractivity contribution in [2.24, 2.45) is 0 Å². The lowest BCUT2D eigenvalue weighted by Crippen LogP contribution is -2.17. The first-order chi connectivity index (χ1) is 7.34. The lowest BCUT2D eigenvalue weighted by Gasteiger charge is -2.09. The van der Waals surface area contributed by atoms with Gasteiger partial charge in [0.05, 0.1) is 32.0 Å². The monoisotopic (exact) mass is 208 g/mol. The average Bonchev–Trinajstić information content (AvgIpc) is 3.03. The first-order valence-electron chi connectivity index (χ1n) is 5.26. The zero-order valence-electron chi connectivity index (χ0n) is 8.63. The van der Waals surface area contributed by atoms with Crippen molar-refractivity contribution in [3.8, 4) is 0 Å². The molecule has 15 heavy (non-hydrogen) atoms. The van der Waals surface area contributed by atoms with Crippen LogP contribution in [0, 0.1) is 0 Å². The van der Waals surface area contributed by atoms with Crippen molar-refractivity contribution < 1.29 is 14.6 Å². The van der Waals surface area contributed by atoms with Crippen LogP contribution in [0.5, 0.6) is 0 Å². The fourth-order valence-corrected chi connectivity index (χ4v) is 1.46. The van der Waals surface area contributed by atoms with E-state index in [1.807, 2.05) is 30.3 Å². The molecule has 1 heterocycles. The van der Waals surface area contributed by atoms with E-state index < -0.39 is 6.10 Å². The molecular weight excluding hydrogens is 192 g/mol. The van der Waals surface area contributed by atoms with Gasteiger partial charge in [0.25, 0.3) is 0 Å². The molecule has 0 aromatic heterocycles. The smallest absolute Gasteiger partial charge is 0.0835 e. The summed E-state index contributed by atoms with van der Waals surface area (Å²) in [5, 5.41) is 9.53. The predicted octanol–water partition coefficient (Wildman–Crippen LogP) is 1.35. The van der Waals surface area contributed by atoms with Gasteiger partial charge in [0.1, 0.15) is 0 Å². The van der Waals surface area contributed by atoms with E-state index in [-0.39, 0.29) is 6.10 Å². The Kier molecular flexibility index (Phi) is 3.72. The first kappa shape index (κ1) is 10.6. The summed E-state index contributed by atoms with van der Waals surface area (Å²) < 4.78 is 10.4. The lowest BCUT2D eigenvalue weighted by molar-refractivity contribution is 0.0211.